The molecule has 202 valence electrons. The second-order valence-electron chi connectivity index (χ2n) is 9.95. The molecule has 0 spiro atoms. The Morgan fingerprint density at radius 3 is 2.28 bits per heavy atom. The molecule has 5 rings (SSSR count). The average molecular weight is 542 g/mol. The molecule has 3 aromatic heterocycles. The molecule has 2 unspecified atom stereocenters. The Labute approximate surface area is 222 Å². The summed E-state index contributed by atoms with van der Waals surface area (Å²) in [4.78, 5) is 3.81. The minimum atomic E-state index is -4.71. The number of rotatable bonds is 5. The van der Waals surface area contributed by atoms with Crippen LogP contribution in [0.1, 0.15) is 45.0 Å². The van der Waals surface area contributed by atoms with Crippen molar-refractivity contribution in [3.05, 3.63) is 90.5 Å². The Bertz CT molecular complexity index is 1610. The maximum atomic E-state index is 15.4. The molecule has 0 bridgehead atoms. The summed E-state index contributed by atoms with van der Waals surface area (Å²) in [6.45, 7) is 10.4. The van der Waals surface area contributed by atoms with Crippen molar-refractivity contribution >= 4 is 5.70 Å². The Balaban J connectivity index is 1.82. The molecule has 10 heteroatoms. The van der Waals surface area contributed by atoms with E-state index in [0.717, 1.165) is 10.7 Å². The molecule has 0 aliphatic carbocycles. The lowest BCUT2D eigenvalue weighted by Gasteiger charge is -2.46. The minimum Gasteiger partial charge on any atom is -0.243 e. The zero-order valence-electron chi connectivity index (χ0n) is 22.0. The van der Waals surface area contributed by atoms with Gasteiger partial charge in [0.2, 0.25) is 11.5 Å². The highest BCUT2D eigenvalue weighted by molar-refractivity contribution is 5.69. The summed E-state index contributed by atoms with van der Waals surface area (Å²) in [7, 11) is 1.40. The van der Waals surface area contributed by atoms with Crippen LogP contribution in [0.5, 0.6) is 0 Å². The van der Waals surface area contributed by atoms with Crippen molar-refractivity contribution in [2.24, 2.45) is 7.05 Å². The molecule has 1 aromatic carbocycles. The lowest BCUT2D eigenvalue weighted by molar-refractivity contribution is -0.774. The summed E-state index contributed by atoms with van der Waals surface area (Å²) < 4.78 is 75.3. The van der Waals surface area contributed by atoms with Crippen molar-refractivity contribution in [3.8, 4) is 22.8 Å². The molecule has 4 aromatic rings. The molecular weight excluding hydrogens is 513 g/mol. The Morgan fingerprint density at radius 2 is 1.67 bits per heavy atom. The molecule has 0 amide bonds. The maximum absolute atomic E-state index is 15.4. The number of halogens is 5. The Hall–Kier alpha value is -3.95. The quantitative estimate of drug-likeness (QED) is 0.230. The minimum absolute atomic E-state index is 0.000105. The lowest BCUT2D eigenvalue weighted by atomic mass is 9.58. The fourth-order valence-corrected chi connectivity index (χ4v) is 6.23. The van der Waals surface area contributed by atoms with Gasteiger partial charge in [-0.2, -0.15) is 27.3 Å². The van der Waals surface area contributed by atoms with E-state index in [4.69, 9.17) is 0 Å². The first-order valence-electron chi connectivity index (χ1n) is 12.6. The van der Waals surface area contributed by atoms with Crippen LogP contribution in [0.2, 0.25) is 0 Å². The Morgan fingerprint density at radius 1 is 1.00 bits per heavy atom. The molecule has 0 saturated heterocycles. The zero-order chi connectivity index (χ0) is 28.3. The third-order valence-electron chi connectivity index (χ3n) is 8.18. The molecule has 4 heterocycles. The van der Waals surface area contributed by atoms with E-state index in [-0.39, 0.29) is 5.82 Å². The van der Waals surface area contributed by atoms with E-state index in [1.165, 1.54) is 13.1 Å². The van der Waals surface area contributed by atoms with E-state index in [2.05, 4.69) is 16.7 Å². The molecule has 0 N–H and O–H groups in total. The van der Waals surface area contributed by atoms with Crippen molar-refractivity contribution in [3.63, 3.8) is 0 Å². The number of aryl methyl sites for hydroxylation is 1. The van der Waals surface area contributed by atoms with Crippen LogP contribution in [-0.4, -0.2) is 14.8 Å². The summed E-state index contributed by atoms with van der Waals surface area (Å²) >= 11 is 0. The van der Waals surface area contributed by atoms with Gasteiger partial charge in [0.05, 0.1) is 11.0 Å². The first-order chi connectivity index (χ1) is 18.4. The van der Waals surface area contributed by atoms with E-state index >= 15 is 4.39 Å². The highest BCUT2D eigenvalue weighted by atomic mass is 19.4. The molecule has 0 fully saturated rings. The number of hydrogen-bond acceptors (Lipinski definition) is 2. The van der Waals surface area contributed by atoms with Crippen LogP contribution in [0.3, 0.4) is 0 Å². The fraction of sp³-hybridized carbons (Fsp3) is 0.310. The summed E-state index contributed by atoms with van der Waals surface area (Å²) in [5, 5.41) is 3.59. The van der Waals surface area contributed by atoms with Gasteiger partial charge in [-0.25, -0.2) is 13.5 Å². The van der Waals surface area contributed by atoms with E-state index in [1.54, 1.807) is 41.1 Å². The highest BCUT2D eigenvalue weighted by Crippen LogP contribution is 2.53. The molecule has 39 heavy (non-hydrogen) atoms. The Kier molecular flexibility index (Phi) is 6.19. The van der Waals surface area contributed by atoms with Gasteiger partial charge in [0.15, 0.2) is 12.4 Å². The van der Waals surface area contributed by atoms with Crippen LogP contribution in [0, 0.1) is 11.6 Å². The lowest BCUT2D eigenvalue weighted by Crippen LogP contribution is -2.72. The van der Waals surface area contributed by atoms with Gasteiger partial charge in [0.25, 0.3) is 22.8 Å². The number of alkyl halides is 3. The van der Waals surface area contributed by atoms with E-state index < -0.39 is 34.6 Å². The van der Waals surface area contributed by atoms with Crippen molar-refractivity contribution in [2.75, 3.05) is 0 Å². The smallest absolute Gasteiger partial charge is 0.243 e. The third kappa shape index (κ3) is 3.71. The molecular formula is C29H28F5N5+2. The second-order valence-corrected chi connectivity index (χ2v) is 9.95. The van der Waals surface area contributed by atoms with Gasteiger partial charge in [-0.3, -0.25) is 0 Å². The van der Waals surface area contributed by atoms with Crippen LogP contribution in [0.25, 0.3) is 28.5 Å². The number of allylic oxidation sites excluding steroid dienone is 1. The van der Waals surface area contributed by atoms with Crippen LogP contribution in [-0.2, 0) is 24.2 Å². The van der Waals surface area contributed by atoms with Crippen molar-refractivity contribution < 1.29 is 31.1 Å². The summed E-state index contributed by atoms with van der Waals surface area (Å²) in [6, 6.07) is 12.8. The third-order valence-corrected chi connectivity index (χ3v) is 8.18. The van der Waals surface area contributed by atoms with Gasteiger partial charge >= 0.3 is 6.18 Å². The highest BCUT2D eigenvalue weighted by Gasteiger charge is 2.65. The van der Waals surface area contributed by atoms with Gasteiger partial charge in [0.1, 0.15) is 11.6 Å². The van der Waals surface area contributed by atoms with Crippen molar-refractivity contribution in [2.45, 2.75) is 50.7 Å². The van der Waals surface area contributed by atoms with Crippen molar-refractivity contribution in [1.29, 1.82) is 0 Å². The van der Waals surface area contributed by atoms with Crippen LogP contribution in [0.15, 0.2) is 67.5 Å². The predicted octanol–water partition coefficient (Wildman–Crippen LogP) is 5.98. The molecule has 2 atom stereocenters. The van der Waals surface area contributed by atoms with Crippen LogP contribution in [0.4, 0.5) is 22.0 Å². The maximum Gasteiger partial charge on any atom is 0.453 e. The molecule has 1 aliphatic rings. The molecule has 1 aliphatic heterocycles. The van der Waals surface area contributed by atoms with Crippen molar-refractivity contribution in [1.82, 2.24) is 14.8 Å². The number of nitrogens with zero attached hydrogens (tertiary/aromatic N) is 5. The molecule has 0 saturated carbocycles. The molecule has 0 radical (unpaired) electrons. The number of aromatic nitrogens is 5. The second kappa shape index (κ2) is 9.07. The van der Waals surface area contributed by atoms with E-state index in [1.807, 2.05) is 37.6 Å². The van der Waals surface area contributed by atoms with E-state index in [0.29, 0.717) is 41.1 Å². The summed E-state index contributed by atoms with van der Waals surface area (Å²) in [5.41, 5.74) is 0.385. The summed E-state index contributed by atoms with van der Waals surface area (Å²) in [6.07, 6.45) is -0.214. The summed E-state index contributed by atoms with van der Waals surface area (Å²) in [5.74, 6) is -2.59. The normalized spacial score (nSPS) is 20.4. The topological polar surface area (TPSA) is 38.5 Å². The SMILES string of the molecule is C=C([n+]1ccccc1-c1nc(C(F)(F)F)nn1C)C1(CC)[n+]2ccccc2-c2c(F)cc(F)cc2C1(C)CC. The van der Waals surface area contributed by atoms with Gasteiger partial charge in [-0.1, -0.05) is 13.8 Å². The zero-order valence-corrected chi connectivity index (χ0v) is 22.0. The van der Waals surface area contributed by atoms with Gasteiger partial charge in [-0.05, 0) is 43.7 Å². The predicted molar refractivity (Wildman–Crippen MR) is 135 cm³/mol. The average Bonchev–Trinajstić information content (AvgIpc) is 3.30. The standard InChI is InChI=1S/C29H28F5N5/c1-6-27(4)20-16-19(30)17-21(31)24(20)22-12-9-11-15-39(22)28(27,7-2)18(3)38-14-10-8-13-23(38)25-35-26(29(32,33)34)36-37(25)5/h8-17H,3,6-7H2,1-2,4-5H3/q+2. The number of benzene rings is 1. The van der Waals surface area contributed by atoms with Crippen LogP contribution >= 0.6 is 0 Å². The first kappa shape index (κ1) is 26.6. The monoisotopic (exact) mass is 541 g/mol. The first-order valence-corrected chi connectivity index (χ1v) is 12.6. The largest absolute Gasteiger partial charge is 0.453 e. The van der Waals surface area contributed by atoms with Gasteiger partial charge in [0, 0.05) is 43.8 Å². The molecule has 5 nitrogen and oxygen atoms in total. The number of pyridine rings is 2. The fourth-order valence-electron chi connectivity index (χ4n) is 6.23. The van der Waals surface area contributed by atoms with Gasteiger partial charge < -0.3 is 0 Å². The van der Waals surface area contributed by atoms with E-state index in [9.17, 15) is 17.6 Å². The number of hydrogen-bond donors (Lipinski definition) is 0. The van der Waals surface area contributed by atoms with Gasteiger partial charge in [-0.15, -0.1) is 5.10 Å². The van der Waals surface area contributed by atoms with Crippen LogP contribution < -0.4 is 9.13 Å². The number of fused-ring (bicyclic) bond motifs is 3.